The Balaban J connectivity index is 1.74. The minimum atomic E-state index is -4.46. The molecule has 0 heterocycles. The number of ether oxygens (including phenoxy) is 2. The molecule has 0 bridgehead atoms. The third-order valence-electron chi connectivity index (χ3n) is 3.05. The van der Waals surface area contributed by atoms with Gasteiger partial charge in [0, 0.05) is 4.47 Å². The van der Waals surface area contributed by atoms with Crippen LogP contribution in [0.4, 0.5) is 18.0 Å². The van der Waals surface area contributed by atoms with Crippen molar-refractivity contribution in [2.24, 2.45) is 0 Å². The molecule has 0 atom stereocenters. The second kappa shape index (κ2) is 8.75. The van der Waals surface area contributed by atoms with Crippen LogP contribution in [-0.2, 0) is 17.5 Å². The predicted octanol–water partition coefficient (Wildman–Crippen LogP) is 4.77. The largest absolute Gasteiger partial charge is 0.492 e. The van der Waals surface area contributed by atoms with Gasteiger partial charge in [0.05, 0.1) is 12.1 Å². The molecule has 2 aromatic rings. The second-order valence-electron chi connectivity index (χ2n) is 5.01. The van der Waals surface area contributed by atoms with Crippen molar-refractivity contribution in [1.29, 1.82) is 0 Å². The van der Waals surface area contributed by atoms with E-state index in [1.54, 1.807) is 0 Å². The Morgan fingerprint density at radius 1 is 1.12 bits per heavy atom. The SMILES string of the molecule is O=C(NCCOc1cc(Br)cc(C(F)(F)F)c1)OCc1ccccc1. The number of benzene rings is 2. The molecular formula is C17H15BrF3NO3. The van der Waals surface area contributed by atoms with Gasteiger partial charge in [0.15, 0.2) is 0 Å². The zero-order valence-corrected chi connectivity index (χ0v) is 14.6. The Morgan fingerprint density at radius 2 is 1.84 bits per heavy atom. The summed E-state index contributed by atoms with van der Waals surface area (Å²) in [7, 11) is 0. The number of alkyl carbamates (subject to hydrolysis) is 1. The van der Waals surface area contributed by atoms with E-state index in [0.717, 1.165) is 17.7 Å². The topological polar surface area (TPSA) is 47.6 Å². The Hall–Kier alpha value is -2.22. The fourth-order valence-electron chi connectivity index (χ4n) is 1.91. The zero-order valence-electron chi connectivity index (χ0n) is 13.0. The van der Waals surface area contributed by atoms with Crippen LogP contribution in [0.2, 0.25) is 0 Å². The molecule has 1 N–H and O–H groups in total. The molecule has 0 spiro atoms. The Labute approximate surface area is 151 Å². The Kier molecular flexibility index (Phi) is 6.69. The summed E-state index contributed by atoms with van der Waals surface area (Å²) >= 11 is 3.01. The van der Waals surface area contributed by atoms with Crippen LogP contribution in [0.5, 0.6) is 5.75 Å². The third-order valence-corrected chi connectivity index (χ3v) is 3.51. The van der Waals surface area contributed by atoms with E-state index in [-0.39, 0.29) is 30.0 Å². The van der Waals surface area contributed by atoms with Crippen molar-refractivity contribution in [2.75, 3.05) is 13.2 Å². The molecule has 0 aliphatic rings. The van der Waals surface area contributed by atoms with Gasteiger partial charge in [-0.15, -0.1) is 0 Å². The lowest BCUT2D eigenvalue weighted by Gasteiger charge is -2.12. The number of nitrogens with one attached hydrogen (secondary N) is 1. The van der Waals surface area contributed by atoms with Gasteiger partial charge in [-0.25, -0.2) is 4.79 Å². The van der Waals surface area contributed by atoms with Crippen LogP contribution in [0.3, 0.4) is 0 Å². The maximum absolute atomic E-state index is 12.7. The third kappa shape index (κ3) is 6.66. The zero-order chi connectivity index (χ0) is 18.3. The van der Waals surface area contributed by atoms with Gasteiger partial charge in [-0.2, -0.15) is 13.2 Å². The number of rotatable bonds is 6. The predicted molar refractivity (Wildman–Crippen MR) is 89.3 cm³/mol. The van der Waals surface area contributed by atoms with Crippen molar-refractivity contribution in [3.05, 3.63) is 64.1 Å². The van der Waals surface area contributed by atoms with E-state index in [1.807, 2.05) is 30.3 Å². The molecule has 0 saturated heterocycles. The Morgan fingerprint density at radius 3 is 2.52 bits per heavy atom. The number of amides is 1. The van der Waals surface area contributed by atoms with Crippen LogP contribution >= 0.6 is 15.9 Å². The highest BCUT2D eigenvalue weighted by Gasteiger charge is 2.31. The van der Waals surface area contributed by atoms with Crippen LogP contribution in [0.25, 0.3) is 0 Å². The summed E-state index contributed by atoms with van der Waals surface area (Å²) in [6.07, 6.45) is -5.08. The van der Waals surface area contributed by atoms with Crippen LogP contribution in [0.1, 0.15) is 11.1 Å². The molecule has 25 heavy (non-hydrogen) atoms. The summed E-state index contributed by atoms with van der Waals surface area (Å²) < 4.78 is 48.6. The van der Waals surface area contributed by atoms with Crippen LogP contribution < -0.4 is 10.1 Å². The highest BCUT2D eigenvalue weighted by Crippen LogP contribution is 2.34. The molecule has 0 unspecified atom stereocenters. The maximum atomic E-state index is 12.7. The van der Waals surface area contributed by atoms with Crippen LogP contribution in [0, 0.1) is 0 Å². The van der Waals surface area contributed by atoms with Gasteiger partial charge >= 0.3 is 12.3 Å². The quantitative estimate of drug-likeness (QED) is 0.688. The van der Waals surface area contributed by atoms with E-state index in [0.29, 0.717) is 0 Å². The first-order chi connectivity index (χ1) is 11.8. The number of hydrogen-bond donors (Lipinski definition) is 1. The van der Waals surface area contributed by atoms with Crippen molar-refractivity contribution in [3.63, 3.8) is 0 Å². The molecular weight excluding hydrogens is 403 g/mol. The molecule has 4 nitrogen and oxygen atoms in total. The molecule has 2 rings (SSSR count). The molecule has 8 heteroatoms. The average Bonchev–Trinajstić information content (AvgIpc) is 2.56. The van der Waals surface area contributed by atoms with E-state index in [2.05, 4.69) is 21.2 Å². The summed E-state index contributed by atoms with van der Waals surface area (Å²) in [6, 6.07) is 12.4. The van der Waals surface area contributed by atoms with Crippen molar-refractivity contribution in [2.45, 2.75) is 12.8 Å². The monoisotopic (exact) mass is 417 g/mol. The van der Waals surface area contributed by atoms with E-state index < -0.39 is 17.8 Å². The molecule has 0 aliphatic carbocycles. The van der Waals surface area contributed by atoms with Gasteiger partial charge in [0.1, 0.15) is 19.0 Å². The van der Waals surface area contributed by atoms with Gasteiger partial charge in [-0.05, 0) is 23.8 Å². The van der Waals surface area contributed by atoms with Crippen LogP contribution in [-0.4, -0.2) is 19.2 Å². The second-order valence-corrected chi connectivity index (χ2v) is 5.93. The Bertz CT molecular complexity index is 708. The van der Waals surface area contributed by atoms with Gasteiger partial charge in [-0.3, -0.25) is 0 Å². The number of alkyl halides is 3. The van der Waals surface area contributed by atoms with Crippen molar-refractivity contribution >= 4 is 22.0 Å². The normalized spacial score (nSPS) is 11.0. The summed E-state index contributed by atoms with van der Waals surface area (Å²) in [5.74, 6) is 0.0566. The van der Waals surface area contributed by atoms with Crippen molar-refractivity contribution in [1.82, 2.24) is 5.32 Å². The summed E-state index contributed by atoms with van der Waals surface area (Å²) in [5.41, 5.74) is 0.0369. The molecule has 134 valence electrons. The fraction of sp³-hybridized carbons (Fsp3) is 0.235. The summed E-state index contributed by atoms with van der Waals surface area (Å²) in [6.45, 7) is 0.240. The summed E-state index contributed by atoms with van der Waals surface area (Å²) in [4.78, 5) is 11.5. The summed E-state index contributed by atoms with van der Waals surface area (Å²) in [5, 5.41) is 2.46. The molecule has 1 amide bonds. The lowest BCUT2D eigenvalue weighted by atomic mass is 10.2. The molecule has 0 radical (unpaired) electrons. The van der Waals surface area contributed by atoms with Crippen molar-refractivity contribution in [3.8, 4) is 5.75 Å². The van der Waals surface area contributed by atoms with E-state index in [9.17, 15) is 18.0 Å². The van der Waals surface area contributed by atoms with E-state index in [1.165, 1.54) is 6.07 Å². The number of halogens is 4. The van der Waals surface area contributed by atoms with Gasteiger partial charge < -0.3 is 14.8 Å². The lowest BCUT2D eigenvalue weighted by molar-refractivity contribution is -0.137. The van der Waals surface area contributed by atoms with Gasteiger partial charge in [0.25, 0.3) is 0 Å². The van der Waals surface area contributed by atoms with Gasteiger partial charge in [-0.1, -0.05) is 46.3 Å². The minimum Gasteiger partial charge on any atom is -0.492 e. The van der Waals surface area contributed by atoms with Gasteiger partial charge in [0.2, 0.25) is 0 Å². The first kappa shape index (κ1) is 19.1. The first-order valence-corrected chi connectivity index (χ1v) is 8.09. The lowest BCUT2D eigenvalue weighted by Crippen LogP contribution is -2.28. The number of carbonyl (C=O) groups is 1. The standard InChI is InChI=1S/C17H15BrF3NO3/c18-14-8-13(17(19,20)21)9-15(10-14)24-7-6-22-16(23)25-11-12-4-2-1-3-5-12/h1-5,8-10H,6-7,11H2,(H,22,23). The first-order valence-electron chi connectivity index (χ1n) is 7.30. The van der Waals surface area contributed by atoms with Crippen molar-refractivity contribution < 1.29 is 27.4 Å². The maximum Gasteiger partial charge on any atom is 0.416 e. The molecule has 0 aromatic heterocycles. The smallest absolute Gasteiger partial charge is 0.416 e. The molecule has 0 aliphatic heterocycles. The highest BCUT2D eigenvalue weighted by molar-refractivity contribution is 9.10. The molecule has 0 fully saturated rings. The van der Waals surface area contributed by atoms with E-state index >= 15 is 0 Å². The highest BCUT2D eigenvalue weighted by atomic mass is 79.9. The molecule has 0 saturated carbocycles. The number of carbonyl (C=O) groups excluding carboxylic acids is 1. The average molecular weight is 418 g/mol. The van der Waals surface area contributed by atoms with E-state index in [4.69, 9.17) is 9.47 Å². The number of hydrogen-bond acceptors (Lipinski definition) is 3. The van der Waals surface area contributed by atoms with Crippen LogP contribution in [0.15, 0.2) is 53.0 Å². The molecule has 2 aromatic carbocycles. The minimum absolute atomic E-state index is 0.00812. The fourth-order valence-corrected chi connectivity index (χ4v) is 2.38.